The largest absolute Gasteiger partial charge is 0.279 e. The fourth-order valence-electron chi connectivity index (χ4n) is 1.45. The molecule has 0 saturated heterocycles. The van der Waals surface area contributed by atoms with Gasteiger partial charge in [0, 0.05) is 11.6 Å². The van der Waals surface area contributed by atoms with E-state index >= 15 is 0 Å². The number of rotatable bonds is 2. The summed E-state index contributed by atoms with van der Waals surface area (Å²) in [7, 11) is 0. The molecule has 0 aliphatic rings. The van der Waals surface area contributed by atoms with Crippen molar-refractivity contribution in [2.75, 3.05) is 0 Å². The Morgan fingerprint density at radius 1 is 1.44 bits per heavy atom. The van der Waals surface area contributed by atoms with Crippen LogP contribution in [0.2, 0.25) is 10.3 Å². The van der Waals surface area contributed by atoms with Crippen LogP contribution in [-0.2, 0) is 6.54 Å². The first-order valence-electron chi connectivity index (χ1n) is 4.60. The molecule has 0 bridgehead atoms. The maximum atomic E-state index is 12.0. The van der Waals surface area contributed by atoms with Crippen molar-refractivity contribution in [2.45, 2.75) is 6.54 Å². The molecule has 5 heteroatoms. The van der Waals surface area contributed by atoms with E-state index in [0.717, 1.165) is 0 Å². The Balaban J connectivity index is 2.83. The van der Waals surface area contributed by atoms with Crippen LogP contribution in [0.1, 0.15) is 0 Å². The van der Waals surface area contributed by atoms with Gasteiger partial charge in [-0.15, -0.1) is 6.58 Å². The van der Waals surface area contributed by atoms with Gasteiger partial charge in [0.15, 0.2) is 0 Å². The SMILES string of the molecule is C=CCn1c(Cl)nc2cc(Cl)ccc2c1=O. The van der Waals surface area contributed by atoms with E-state index in [1.807, 2.05) is 0 Å². The summed E-state index contributed by atoms with van der Waals surface area (Å²) in [6, 6.07) is 4.91. The van der Waals surface area contributed by atoms with Gasteiger partial charge in [0.1, 0.15) is 0 Å². The third-order valence-corrected chi connectivity index (χ3v) is 2.71. The van der Waals surface area contributed by atoms with E-state index in [2.05, 4.69) is 11.6 Å². The average Bonchev–Trinajstić information content (AvgIpc) is 2.23. The van der Waals surface area contributed by atoms with Gasteiger partial charge in [-0.05, 0) is 29.8 Å². The third kappa shape index (κ3) is 1.84. The molecule has 0 spiro atoms. The molecule has 82 valence electrons. The first kappa shape index (κ1) is 11.2. The van der Waals surface area contributed by atoms with E-state index < -0.39 is 0 Å². The Morgan fingerprint density at radius 2 is 2.19 bits per heavy atom. The Bertz CT molecular complexity index is 619. The summed E-state index contributed by atoms with van der Waals surface area (Å²) in [6.45, 7) is 3.90. The van der Waals surface area contributed by atoms with E-state index in [4.69, 9.17) is 23.2 Å². The third-order valence-electron chi connectivity index (χ3n) is 2.18. The molecule has 0 atom stereocenters. The van der Waals surface area contributed by atoms with Crippen molar-refractivity contribution < 1.29 is 0 Å². The van der Waals surface area contributed by atoms with Gasteiger partial charge >= 0.3 is 0 Å². The zero-order chi connectivity index (χ0) is 11.7. The van der Waals surface area contributed by atoms with E-state index in [9.17, 15) is 4.79 Å². The van der Waals surface area contributed by atoms with Gasteiger partial charge in [0.25, 0.3) is 5.56 Å². The maximum Gasteiger partial charge on any atom is 0.262 e. The van der Waals surface area contributed by atoms with E-state index in [1.54, 1.807) is 24.3 Å². The van der Waals surface area contributed by atoms with Crippen molar-refractivity contribution in [2.24, 2.45) is 0 Å². The Labute approximate surface area is 102 Å². The highest BCUT2D eigenvalue weighted by Crippen LogP contribution is 2.16. The molecule has 0 N–H and O–H groups in total. The summed E-state index contributed by atoms with van der Waals surface area (Å²) in [5.41, 5.74) is 0.314. The molecule has 16 heavy (non-hydrogen) atoms. The summed E-state index contributed by atoms with van der Waals surface area (Å²) < 4.78 is 1.35. The Kier molecular flexibility index (Phi) is 2.99. The summed E-state index contributed by atoms with van der Waals surface area (Å²) in [6.07, 6.45) is 1.59. The standard InChI is InChI=1S/C11H8Cl2N2O/c1-2-5-15-10(16)8-4-3-7(12)6-9(8)14-11(15)13/h2-4,6H,1,5H2. The minimum absolute atomic E-state index is 0.139. The van der Waals surface area contributed by atoms with Crippen molar-refractivity contribution in [1.82, 2.24) is 9.55 Å². The van der Waals surface area contributed by atoms with Crippen LogP contribution in [0.3, 0.4) is 0 Å². The van der Waals surface area contributed by atoms with Gasteiger partial charge in [-0.3, -0.25) is 9.36 Å². The molecule has 0 saturated carbocycles. The molecule has 1 heterocycles. The number of benzene rings is 1. The fraction of sp³-hybridized carbons (Fsp3) is 0.0909. The molecule has 0 radical (unpaired) electrons. The van der Waals surface area contributed by atoms with Gasteiger partial charge < -0.3 is 0 Å². The zero-order valence-electron chi connectivity index (χ0n) is 8.28. The Hall–Kier alpha value is -1.32. The number of halogens is 2. The second-order valence-electron chi connectivity index (χ2n) is 3.25. The van der Waals surface area contributed by atoms with Gasteiger partial charge in [-0.2, -0.15) is 0 Å². The van der Waals surface area contributed by atoms with Crippen LogP contribution in [0.5, 0.6) is 0 Å². The monoisotopic (exact) mass is 254 g/mol. The van der Waals surface area contributed by atoms with Crippen LogP contribution in [0.25, 0.3) is 10.9 Å². The quantitative estimate of drug-likeness (QED) is 0.610. The van der Waals surface area contributed by atoms with Gasteiger partial charge in [0.05, 0.1) is 10.9 Å². The molecule has 2 aromatic rings. The number of fused-ring (bicyclic) bond motifs is 1. The lowest BCUT2D eigenvalue weighted by molar-refractivity contribution is 0.769. The molecular formula is C11H8Cl2N2O. The summed E-state index contributed by atoms with van der Waals surface area (Å²) in [4.78, 5) is 16.1. The lowest BCUT2D eigenvalue weighted by atomic mass is 10.2. The highest BCUT2D eigenvalue weighted by atomic mass is 35.5. The Morgan fingerprint density at radius 3 is 2.88 bits per heavy atom. The van der Waals surface area contributed by atoms with Crippen molar-refractivity contribution in [3.8, 4) is 0 Å². The topological polar surface area (TPSA) is 34.9 Å². The predicted molar refractivity (Wildman–Crippen MR) is 66.2 cm³/mol. The van der Waals surface area contributed by atoms with Crippen molar-refractivity contribution in [1.29, 1.82) is 0 Å². The van der Waals surface area contributed by atoms with Crippen molar-refractivity contribution in [3.63, 3.8) is 0 Å². The minimum Gasteiger partial charge on any atom is -0.279 e. The molecule has 0 unspecified atom stereocenters. The number of hydrogen-bond donors (Lipinski definition) is 0. The van der Waals surface area contributed by atoms with Crippen LogP contribution in [0, 0.1) is 0 Å². The van der Waals surface area contributed by atoms with Crippen LogP contribution < -0.4 is 5.56 Å². The average molecular weight is 255 g/mol. The van der Waals surface area contributed by atoms with Gasteiger partial charge in [0.2, 0.25) is 5.28 Å². The zero-order valence-corrected chi connectivity index (χ0v) is 9.79. The first-order chi connectivity index (χ1) is 7.63. The van der Waals surface area contributed by atoms with Crippen LogP contribution in [-0.4, -0.2) is 9.55 Å². The number of allylic oxidation sites excluding steroid dienone is 1. The molecular weight excluding hydrogens is 247 g/mol. The van der Waals surface area contributed by atoms with Crippen LogP contribution >= 0.6 is 23.2 Å². The highest BCUT2D eigenvalue weighted by molar-refractivity contribution is 6.31. The second kappa shape index (κ2) is 4.28. The molecule has 0 amide bonds. The molecule has 1 aromatic carbocycles. The first-order valence-corrected chi connectivity index (χ1v) is 5.35. The minimum atomic E-state index is -0.188. The summed E-state index contributed by atoms with van der Waals surface area (Å²) in [5.74, 6) is 0. The number of nitrogens with zero attached hydrogens (tertiary/aromatic N) is 2. The van der Waals surface area contributed by atoms with E-state index in [1.165, 1.54) is 4.57 Å². The molecule has 2 rings (SSSR count). The molecule has 1 aromatic heterocycles. The summed E-state index contributed by atoms with van der Waals surface area (Å²) >= 11 is 11.7. The van der Waals surface area contributed by atoms with Gasteiger partial charge in [-0.25, -0.2) is 4.98 Å². The van der Waals surface area contributed by atoms with Crippen molar-refractivity contribution in [3.05, 3.63) is 51.5 Å². The van der Waals surface area contributed by atoms with Crippen molar-refractivity contribution >= 4 is 34.1 Å². The molecule has 0 aliphatic carbocycles. The molecule has 3 nitrogen and oxygen atoms in total. The maximum absolute atomic E-state index is 12.0. The van der Waals surface area contributed by atoms with Crippen LogP contribution in [0.15, 0.2) is 35.6 Å². The fourth-order valence-corrected chi connectivity index (χ4v) is 1.86. The smallest absolute Gasteiger partial charge is 0.262 e. The lowest BCUT2D eigenvalue weighted by Crippen LogP contribution is -2.21. The number of hydrogen-bond acceptors (Lipinski definition) is 2. The molecule has 0 fully saturated rings. The second-order valence-corrected chi connectivity index (χ2v) is 4.02. The highest BCUT2D eigenvalue weighted by Gasteiger charge is 2.08. The number of aromatic nitrogens is 2. The predicted octanol–water partition coefficient (Wildman–Crippen LogP) is 2.89. The van der Waals surface area contributed by atoms with E-state index in [-0.39, 0.29) is 10.8 Å². The normalized spacial score (nSPS) is 10.6. The van der Waals surface area contributed by atoms with Gasteiger partial charge in [-0.1, -0.05) is 17.7 Å². The summed E-state index contributed by atoms with van der Waals surface area (Å²) in [5, 5.41) is 1.16. The van der Waals surface area contributed by atoms with Crippen LogP contribution in [0.4, 0.5) is 0 Å². The molecule has 0 aliphatic heterocycles. The lowest BCUT2D eigenvalue weighted by Gasteiger charge is -2.06. The van der Waals surface area contributed by atoms with E-state index in [0.29, 0.717) is 22.5 Å².